The second kappa shape index (κ2) is 6.69. The zero-order valence-electron chi connectivity index (χ0n) is 12.7. The van der Waals surface area contributed by atoms with Crippen LogP contribution in [-0.2, 0) is 10.9 Å². The van der Waals surface area contributed by atoms with Gasteiger partial charge in [0.05, 0.1) is 10.9 Å². The van der Waals surface area contributed by atoms with E-state index < -0.39 is 34.2 Å². The summed E-state index contributed by atoms with van der Waals surface area (Å²) in [4.78, 5) is 1.36. The van der Waals surface area contributed by atoms with Crippen molar-refractivity contribution in [2.24, 2.45) is 0 Å². The van der Waals surface area contributed by atoms with E-state index in [9.17, 15) is 17.6 Å². The molecular weight excluding hydrogens is 336 g/mol. The van der Waals surface area contributed by atoms with Gasteiger partial charge in [-0.3, -0.25) is 0 Å². The predicted octanol–water partition coefficient (Wildman–Crippen LogP) is 5.65. The minimum absolute atomic E-state index is 0.321. The first-order chi connectivity index (χ1) is 11.4. The molecular formula is C19H13F4S+. The van der Waals surface area contributed by atoms with Gasteiger partial charge in [0.2, 0.25) is 0 Å². The van der Waals surface area contributed by atoms with Crippen LogP contribution in [0.2, 0.25) is 0 Å². The second-order valence-electron chi connectivity index (χ2n) is 5.33. The van der Waals surface area contributed by atoms with Crippen molar-refractivity contribution in [3.05, 3.63) is 89.5 Å². The number of halogens is 4. The maximum Gasteiger partial charge on any atom is 0.172 e. The summed E-state index contributed by atoms with van der Waals surface area (Å²) in [6.07, 6.45) is 0. The highest BCUT2D eigenvalue weighted by atomic mass is 32.2. The molecule has 3 aromatic rings. The van der Waals surface area contributed by atoms with Gasteiger partial charge in [-0.15, -0.1) is 0 Å². The summed E-state index contributed by atoms with van der Waals surface area (Å²) in [5.41, 5.74) is 1.01. The van der Waals surface area contributed by atoms with E-state index in [0.717, 1.165) is 22.6 Å². The fourth-order valence-electron chi connectivity index (χ4n) is 2.38. The van der Waals surface area contributed by atoms with Crippen LogP contribution in [0.3, 0.4) is 0 Å². The fraction of sp³-hybridized carbons (Fsp3) is 0.0526. The molecule has 0 fully saturated rings. The second-order valence-corrected chi connectivity index (χ2v) is 7.36. The quantitative estimate of drug-likeness (QED) is 0.424. The largest absolute Gasteiger partial charge is 0.207 e. The van der Waals surface area contributed by atoms with Gasteiger partial charge in [0.25, 0.3) is 0 Å². The van der Waals surface area contributed by atoms with Gasteiger partial charge in [-0.25, -0.2) is 17.6 Å². The highest BCUT2D eigenvalue weighted by molar-refractivity contribution is 7.97. The molecule has 0 aliphatic carbocycles. The Hall–Kier alpha value is -2.27. The van der Waals surface area contributed by atoms with Gasteiger partial charge in [-0.05, 0) is 19.1 Å². The third kappa shape index (κ3) is 3.62. The monoisotopic (exact) mass is 349 g/mol. The molecule has 0 bridgehead atoms. The molecule has 0 amide bonds. The summed E-state index contributed by atoms with van der Waals surface area (Å²) in [5.74, 6) is -2.92. The first-order valence-electron chi connectivity index (χ1n) is 7.15. The standard InChI is InChI=1S/C19H13F4S/c1-12-2-4-17(5-3-12)24(18-8-13(20)6-14(21)9-18)19-10-15(22)7-16(23)11-19/h2-11H,1H3/q+1. The van der Waals surface area contributed by atoms with E-state index in [4.69, 9.17) is 0 Å². The Bertz CT molecular complexity index is 783. The van der Waals surface area contributed by atoms with Crippen LogP contribution in [0.15, 0.2) is 75.4 Å². The van der Waals surface area contributed by atoms with Crippen molar-refractivity contribution < 1.29 is 17.6 Å². The van der Waals surface area contributed by atoms with Crippen LogP contribution in [0.4, 0.5) is 17.6 Å². The van der Waals surface area contributed by atoms with Gasteiger partial charge in [0.15, 0.2) is 14.7 Å². The van der Waals surface area contributed by atoms with Crippen LogP contribution in [0.5, 0.6) is 0 Å². The van der Waals surface area contributed by atoms with Gasteiger partial charge in [-0.1, -0.05) is 17.7 Å². The Morgan fingerprint density at radius 3 is 1.29 bits per heavy atom. The van der Waals surface area contributed by atoms with E-state index in [1.807, 2.05) is 19.1 Å². The Morgan fingerprint density at radius 1 is 0.542 bits per heavy atom. The van der Waals surface area contributed by atoms with Crippen LogP contribution >= 0.6 is 0 Å². The number of hydrogen-bond donors (Lipinski definition) is 0. The van der Waals surface area contributed by atoms with Crippen molar-refractivity contribution in [3.8, 4) is 0 Å². The molecule has 0 aromatic heterocycles. The van der Waals surface area contributed by atoms with Gasteiger partial charge >= 0.3 is 0 Å². The minimum atomic E-state index is -1.02. The van der Waals surface area contributed by atoms with E-state index in [2.05, 4.69) is 0 Å². The van der Waals surface area contributed by atoms with Crippen molar-refractivity contribution in [2.45, 2.75) is 21.6 Å². The average molecular weight is 349 g/mol. The molecule has 3 aromatic carbocycles. The summed E-state index contributed by atoms with van der Waals surface area (Å²) in [6, 6.07) is 13.6. The van der Waals surface area contributed by atoms with Crippen LogP contribution < -0.4 is 0 Å². The average Bonchev–Trinajstić information content (AvgIpc) is 2.47. The molecule has 0 nitrogen and oxygen atoms in total. The van der Waals surface area contributed by atoms with E-state index in [1.165, 1.54) is 24.3 Å². The molecule has 0 N–H and O–H groups in total. The lowest BCUT2D eigenvalue weighted by Crippen LogP contribution is -2.07. The van der Waals surface area contributed by atoms with Gasteiger partial charge < -0.3 is 0 Å². The SMILES string of the molecule is Cc1ccc([S+](c2cc(F)cc(F)c2)c2cc(F)cc(F)c2)cc1. The lowest BCUT2D eigenvalue weighted by atomic mass is 10.2. The molecule has 5 heteroatoms. The molecule has 3 rings (SSSR count). The molecule has 0 saturated carbocycles. The first-order valence-corrected chi connectivity index (χ1v) is 8.38. The minimum Gasteiger partial charge on any atom is -0.207 e. The number of aryl methyl sites for hydroxylation is 1. The van der Waals surface area contributed by atoms with Gasteiger partial charge in [0.1, 0.15) is 23.3 Å². The maximum atomic E-state index is 13.7. The molecule has 0 radical (unpaired) electrons. The van der Waals surface area contributed by atoms with Crippen LogP contribution in [0.1, 0.15) is 5.56 Å². The maximum absolute atomic E-state index is 13.7. The Balaban J connectivity index is 2.21. The number of hydrogen-bond acceptors (Lipinski definition) is 0. The molecule has 0 saturated heterocycles. The first kappa shape index (κ1) is 16.6. The van der Waals surface area contributed by atoms with E-state index in [0.29, 0.717) is 9.79 Å². The van der Waals surface area contributed by atoms with E-state index in [1.54, 1.807) is 12.1 Å². The van der Waals surface area contributed by atoms with E-state index in [-0.39, 0.29) is 0 Å². The normalized spacial score (nSPS) is 11.1. The summed E-state index contributed by atoms with van der Waals surface area (Å²) >= 11 is 0. The number of rotatable bonds is 3. The topological polar surface area (TPSA) is 0 Å². The van der Waals surface area contributed by atoms with Crippen LogP contribution in [0.25, 0.3) is 0 Å². The van der Waals surface area contributed by atoms with Crippen molar-refractivity contribution in [3.63, 3.8) is 0 Å². The molecule has 0 aliphatic heterocycles. The highest BCUT2D eigenvalue weighted by Gasteiger charge is 2.31. The molecule has 122 valence electrons. The molecule has 0 heterocycles. The number of benzene rings is 3. The lowest BCUT2D eigenvalue weighted by molar-refractivity contribution is 0.576. The van der Waals surface area contributed by atoms with E-state index >= 15 is 0 Å². The van der Waals surface area contributed by atoms with Crippen molar-refractivity contribution in [1.29, 1.82) is 0 Å². The van der Waals surface area contributed by atoms with Crippen molar-refractivity contribution in [2.75, 3.05) is 0 Å². The molecule has 0 atom stereocenters. The van der Waals surface area contributed by atoms with Crippen LogP contribution in [0, 0.1) is 30.2 Å². The summed E-state index contributed by atoms with van der Waals surface area (Å²) in [5, 5.41) is 0. The summed E-state index contributed by atoms with van der Waals surface area (Å²) in [6.45, 7) is 1.91. The lowest BCUT2D eigenvalue weighted by Gasteiger charge is -2.09. The smallest absolute Gasteiger partial charge is 0.172 e. The summed E-state index contributed by atoms with van der Waals surface area (Å²) < 4.78 is 54.6. The predicted molar refractivity (Wildman–Crippen MR) is 86.1 cm³/mol. The Morgan fingerprint density at radius 2 is 0.917 bits per heavy atom. The van der Waals surface area contributed by atoms with Gasteiger partial charge in [0, 0.05) is 36.4 Å². The zero-order valence-corrected chi connectivity index (χ0v) is 13.5. The Labute approximate surface area is 140 Å². The zero-order chi connectivity index (χ0) is 17.3. The van der Waals surface area contributed by atoms with Crippen molar-refractivity contribution in [1.82, 2.24) is 0 Å². The van der Waals surface area contributed by atoms with Gasteiger partial charge in [-0.2, -0.15) is 0 Å². The van der Waals surface area contributed by atoms with Crippen molar-refractivity contribution >= 4 is 10.9 Å². The molecule has 0 unspecified atom stereocenters. The molecule has 24 heavy (non-hydrogen) atoms. The Kier molecular flexibility index (Phi) is 4.62. The van der Waals surface area contributed by atoms with Crippen LogP contribution in [-0.4, -0.2) is 0 Å². The molecule has 0 aliphatic rings. The highest BCUT2D eigenvalue weighted by Crippen LogP contribution is 2.33. The third-order valence-corrected chi connectivity index (χ3v) is 5.56. The molecule has 0 spiro atoms. The third-order valence-electron chi connectivity index (χ3n) is 3.40. The summed E-state index contributed by atoms with van der Waals surface area (Å²) in [7, 11) is -1.02. The fourth-order valence-corrected chi connectivity index (χ4v) is 4.52.